The number of nitro benzene ring substituents is 1. The van der Waals surface area contributed by atoms with E-state index in [0.29, 0.717) is 24.5 Å². The molecule has 3 aromatic carbocycles. The van der Waals surface area contributed by atoms with E-state index in [4.69, 9.17) is 9.47 Å². The van der Waals surface area contributed by atoms with Crippen LogP contribution in [0.15, 0.2) is 95.3 Å². The monoisotopic (exact) mass is 685 g/mol. The average molecular weight is 686 g/mol. The van der Waals surface area contributed by atoms with Gasteiger partial charge in [0.1, 0.15) is 23.8 Å². The molecule has 0 spiro atoms. The van der Waals surface area contributed by atoms with Gasteiger partial charge in [-0.1, -0.05) is 36.4 Å². The number of nitro groups is 1. The van der Waals surface area contributed by atoms with Gasteiger partial charge < -0.3 is 35.1 Å². The summed E-state index contributed by atoms with van der Waals surface area (Å²) in [7, 11) is 0.885. The van der Waals surface area contributed by atoms with Gasteiger partial charge in [0.05, 0.1) is 41.8 Å². The Morgan fingerprint density at radius 3 is 2.39 bits per heavy atom. The van der Waals surface area contributed by atoms with Crippen LogP contribution in [0.2, 0.25) is 0 Å². The van der Waals surface area contributed by atoms with Crippen molar-refractivity contribution in [1.82, 2.24) is 10.6 Å². The Hall–Kier alpha value is -5.41. The van der Waals surface area contributed by atoms with Crippen LogP contribution in [0, 0.1) is 10.1 Å². The predicted octanol–water partition coefficient (Wildman–Crippen LogP) is 4.74. The standard InChI is InChI=1S/C34H34F3N3O9/c1-20-28(29(23-6-3-7-24(17-23)40(45)46)30(32(43)47-2)31(39-20)34(35,36)37)33(44)49-15-13-21-9-11-26(12-10-21)48-16-14-38-19-27(42)22-5-4-8-25(41)18-22/h3-12,17-18,27,29,38-39,41-42H,13-16,19H2,1-2H3. The number of aliphatic hydroxyl groups excluding tert-OH is 1. The van der Waals surface area contributed by atoms with E-state index < -0.39 is 52.0 Å². The topological polar surface area (TPSA) is 169 Å². The largest absolute Gasteiger partial charge is 0.508 e. The van der Waals surface area contributed by atoms with Crippen LogP contribution in [0.1, 0.15) is 35.6 Å². The molecule has 0 fully saturated rings. The molecular weight excluding hydrogens is 651 g/mol. The molecule has 49 heavy (non-hydrogen) atoms. The van der Waals surface area contributed by atoms with Gasteiger partial charge in [0.15, 0.2) is 0 Å². The Kier molecular flexibility index (Phi) is 12.0. The summed E-state index contributed by atoms with van der Waals surface area (Å²) in [6.07, 6.45) is -5.62. The molecule has 15 heteroatoms. The van der Waals surface area contributed by atoms with Gasteiger partial charge in [-0.3, -0.25) is 10.1 Å². The smallest absolute Gasteiger partial charge is 0.431 e. The second kappa shape index (κ2) is 16.1. The fourth-order valence-electron chi connectivity index (χ4n) is 5.22. The molecule has 2 atom stereocenters. The van der Waals surface area contributed by atoms with Gasteiger partial charge in [-0.15, -0.1) is 0 Å². The summed E-state index contributed by atoms with van der Waals surface area (Å²) < 4.78 is 58.1. The van der Waals surface area contributed by atoms with Gasteiger partial charge in [0.2, 0.25) is 0 Å². The molecule has 0 saturated carbocycles. The van der Waals surface area contributed by atoms with Crippen molar-refractivity contribution in [3.05, 3.63) is 122 Å². The number of carbonyl (C=O) groups is 2. The Morgan fingerprint density at radius 2 is 1.73 bits per heavy atom. The molecule has 0 bridgehead atoms. The van der Waals surface area contributed by atoms with Crippen LogP contribution < -0.4 is 15.4 Å². The maximum absolute atomic E-state index is 14.1. The number of halogens is 3. The van der Waals surface area contributed by atoms with E-state index in [2.05, 4.69) is 15.4 Å². The number of methoxy groups -OCH3 is 1. The van der Waals surface area contributed by atoms with Crippen molar-refractivity contribution in [2.75, 3.05) is 33.4 Å². The highest BCUT2D eigenvalue weighted by atomic mass is 19.4. The van der Waals surface area contributed by atoms with Gasteiger partial charge in [0, 0.05) is 37.3 Å². The van der Waals surface area contributed by atoms with Gasteiger partial charge >= 0.3 is 18.1 Å². The van der Waals surface area contributed by atoms with Crippen LogP contribution in [0.4, 0.5) is 18.9 Å². The van der Waals surface area contributed by atoms with Gasteiger partial charge in [-0.05, 0) is 47.9 Å². The van der Waals surface area contributed by atoms with Crippen molar-refractivity contribution in [3.63, 3.8) is 0 Å². The summed E-state index contributed by atoms with van der Waals surface area (Å²) >= 11 is 0. The molecule has 2 unspecified atom stereocenters. The molecule has 0 radical (unpaired) electrons. The minimum atomic E-state index is -5.05. The van der Waals surface area contributed by atoms with Crippen LogP contribution in [0.3, 0.4) is 0 Å². The highest BCUT2D eigenvalue weighted by molar-refractivity contribution is 6.00. The number of aromatic hydroxyl groups is 1. The van der Waals surface area contributed by atoms with E-state index in [1.165, 1.54) is 31.2 Å². The fourth-order valence-corrected chi connectivity index (χ4v) is 5.22. The van der Waals surface area contributed by atoms with E-state index >= 15 is 0 Å². The summed E-state index contributed by atoms with van der Waals surface area (Å²) in [5, 5.41) is 36.4. The highest BCUT2D eigenvalue weighted by Crippen LogP contribution is 2.44. The molecule has 12 nitrogen and oxygen atoms in total. The number of carbonyl (C=O) groups excluding carboxylic acids is 2. The van der Waals surface area contributed by atoms with Crippen molar-refractivity contribution in [3.8, 4) is 11.5 Å². The van der Waals surface area contributed by atoms with Gasteiger partial charge in [-0.25, -0.2) is 9.59 Å². The molecule has 4 N–H and O–H groups in total. The van der Waals surface area contributed by atoms with E-state index in [1.807, 2.05) is 0 Å². The van der Waals surface area contributed by atoms with Crippen LogP contribution in [-0.4, -0.2) is 66.7 Å². The molecule has 0 amide bonds. The lowest BCUT2D eigenvalue weighted by Crippen LogP contribution is -2.38. The Bertz CT molecular complexity index is 1740. The lowest BCUT2D eigenvalue weighted by molar-refractivity contribution is -0.384. The molecular formula is C34H34F3N3O9. The predicted molar refractivity (Wildman–Crippen MR) is 169 cm³/mol. The number of ether oxygens (including phenoxy) is 3. The lowest BCUT2D eigenvalue weighted by Gasteiger charge is -2.31. The number of alkyl halides is 3. The first-order valence-electron chi connectivity index (χ1n) is 15.0. The number of benzene rings is 3. The zero-order valence-corrected chi connectivity index (χ0v) is 26.5. The first kappa shape index (κ1) is 36.4. The Labute approximate surface area is 279 Å². The summed E-state index contributed by atoms with van der Waals surface area (Å²) in [5.41, 5.74) is -2.19. The number of phenolic OH excluding ortho intramolecular Hbond substituents is 1. The minimum Gasteiger partial charge on any atom is -0.508 e. The minimum absolute atomic E-state index is 0.0666. The summed E-state index contributed by atoms with van der Waals surface area (Å²) in [6.45, 7) is 2.04. The molecule has 4 rings (SSSR count). The molecule has 3 aromatic rings. The number of hydrogen-bond donors (Lipinski definition) is 4. The first-order chi connectivity index (χ1) is 23.3. The number of esters is 2. The quantitative estimate of drug-likeness (QED) is 0.0801. The number of non-ortho nitro benzene ring substituents is 1. The molecule has 0 saturated heterocycles. The van der Waals surface area contributed by atoms with Crippen LogP contribution >= 0.6 is 0 Å². The summed E-state index contributed by atoms with van der Waals surface area (Å²) in [5.74, 6) is -3.45. The molecule has 1 aliphatic rings. The maximum atomic E-state index is 14.1. The summed E-state index contributed by atoms with van der Waals surface area (Å²) in [6, 6.07) is 17.9. The average Bonchev–Trinajstić information content (AvgIpc) is 3.07. The lowest BCUT2D eigenvalue weighted by atomic mass is 9.80. The molecule has 0 aromatic heterocycles. The van der Waals surface area contributed by atoms with E-state index in [0.717, 1.165) is 24.8 Å². The zero-order valence-electron chi connectivity index (χ0n) is 26.5. The maximum Gasteiger partial charge on any atom is 0.431 e. The molecule has 0 aliphatic carbocycles. The van der Waals surface area contributed by atoms with Crippen molar-refractivity contribution >= 4 is 17.6 Å². The Balaban J connectivity index is 1.38. The number of nitrogens with one attached hydrogen (secondary N) is 2. The number of hydrogen-bond acceptors (Lipinski definition) is 11. The van der Waals surface area contributed by atoms with Gasteiger partial charge in [0.25, 0.3) is 5.69 Å². The summed E-state index contributed by atoms with van der Waals surface area (Å²) in [4.78, 5) is 36.9. The van der Waals surface area contributed by atoms with Crippen LogP contribution in [0.25, 0.3) is 0 Å². The number of rotatable bonds is 14. The van der Waals surface area contributed by atoms with Gasteiger partial charge in [-0.2, -0.15) is 13.2 Å². The number of dihydropyridines is 1. The first-order valence-corrected chi connectivity index (χ1v) is 15.0. The van der Waals surface area contributed by atoms with Crippen molar-refractivity contribution < 1.29 is 52.1 Å². The third kappa shape index (κ3) is 9.36. The highest BCUT2D eigenvalue weighted by Gasteiger charge is 2.47. The van der Waals surface area contributed by atoms with E-state index in [9.17, 15) is 43.1 Å². The number of nitrogens with zero attached hydrogens (tertiary/aromatic N) is 1. The van der Waals surface area contributed by atoms with Crippen LogP contribution in [-0.2, 0) is 25.5 Å². The molecule has 1 aliphatic heterocycles. The second-order valence-corrected chi connectivity index (χ2v) is 10.9. The van der Waals surface area contributed by atoms with Crippen molar-refractivity contribution in [1.29, 1.82) is 0 Å². The SMILES string of the molecule is COC(=O)C1=C(C(F)(F)F)NC(C)=C(C(=O)OCCc2ccc(OCCNCC(O)c3cccc(O)c3)cc2)C1c1cccc([N+](=O)[O-])c1. The fraction of sp³-hybridized carbons (Fsp3) is 0.294. The third-order valence-electron chi connectivity index (χ3n) is 7.57. The van der Waals surface area contributed by atoms with E-state index in [1.54, 1.807) is 36.4 Å². The van der Waals surface area contributed by atoms with Crippen LogP contribution in [0.5, 0.6) is 11.5 Å². The number of phenols is 1. The van der Waals surface area contributed by atoms with E-state index in [-0.39, 0.29) is 42.2 Å². The Morgan fingerprint density at radius 1 is 1.02 bits per heavy atom. The number of allylic oxidation sites excluding steroid dienone is 2. The normalized spacial score (nSPS) is 15.3. The van der Waals surface area contributed by atoms with Crippen molar-refractivity contribution in [2.24, 2.45) is 0 Å². The van der Waals surface area contributed by atoms with Crippen molar-refractivity contribution in [2.45, 2.75) is 31.5 Å². The second-order valence-electron chi connectivity index (χ2n) is 10.9. The number of aliphatic hydroxyl groups is 1. The zero-order chi connectivity index (χ0) is 35.7. The molecule has 1 heterocycles. The third-order valence-corrected chi connectivity index (χ3v) is 7.57. The molecule has 260 valence electrons.